The Morgan fingerprint density at radius 3 is 2.26 bits per heavy atom. The lowest BCUT2D eigenvalue weighted by molar-refractivity contribution is -0.699. The normalized spacial score (nSPS) is 35.5. The Morgan fingerprint density at radius 2 is 1.63 bits per heavy atom. The van der Waals surface area contributed by atoms with E-state index in [0.717, 1.165) is 64.3 Å². The molecule has 10 heteroatoms. The molecule has 1 saturated heterocycles. The minimum Gasteiger partial charge on any atom is -0.462 e. The Hall–Kier alpha value is -1.30. The highest BCUT2D eigenvalue weighted by Gasteiger charge is 2.43. The average Bonchev–Trinajstić information content (AvgIpc) is 2.97. The molecule has 0 radical (unpaired) electrons. The quantitative estimate of drug-likeness (QED) is 0.194. The van der Waals surface area contributed by atoms with Crippen molar-refractivity contribution in [3.8, 4) is 0 Å². The summed E-state index contributed by atoms with van der Waals surface area (Å²) in [5.74, 6) is 1.47. The Labute approximate surface area is 278 Å². The van der Waals surface area contributed by atoms with Crippen molar-refractivity contribution in [3.63, 3.8) is 0 Å². The molecule has 3 fully saturated rings. The van der Waals surface area contributed by atoms with Gasteiger partial charge >= 0.3 is 11.9 Å². The van der Waals surface area contributed by atoms with Gasteiger partial charge in [0.1, 0.15) is 18.4 Å². The van der Waals surface area contributed by atoms with Crippen molar-refractivity contribution in [1.82, 2.24) is 0 Å². The maximum atomic E-state index is 12.5. The van der Waals surface area contributed by atoms with E-state index in [1.807, 2.05) is 0 Å². The molecule has 2 saturated carbocycles. The van der Waals surface area contributed by atoms with E-state index in [0.29, 0.717) is 61.9 Å². The summed E-state index contributed by atoms with van der Waals surface area (Å²) in [6.07, 6.45) is 8.59. The van der Waals surface area contributed by atoms with E-state index in [9.17, 15) is 19.8 Å². The van der Waals surface area contributed by atoms with E-state index in [-0.39, 0.29) is 36.0 Å². The SMILES string of the molecule is COCCC1CCC(CC(C)C)CC(C(CC(CCC2CC(OC)C(O)CC2C2CC[NH2+]C(N)C2)OC(C)=O)OC(C)=O)CC1O. The predicted octanol–water partition coefficient (Wildman–Crippen LogP) is 3.55. The summed E-state index contributed by atoms with van der Waals surface area (Å²) in [5, 5.41) is 24.5. The van der Waals surface area contributed by atoms with Gasteiger partial charge < -0.3 is 34.5 Å². The van der Waals surface area contributed by atoms with Crippen LogP contribution in [0.5, 0.6) is 0 Å². The third-order valence-corrected chi connectivity index (χ3v) is 11.3. The number of hydrogen-bond donors (Lipinski definition) is 4. The molecule has 12 atom stereocenters. The van der Waals surface area contributed by atoms with Crippen molar-refractivity contribution in [3.05, 3.63) is 0 Å². The first kappa shape index (κ1) is 39.1. The zero-order chi connectivity index (χ0) is 33.8. The smallest absolute Gasteiger partial charge is 0.302 e. The molecule has 12 unspecified atom stereocenters. The largest absolute Gasteiger partial charge is 0.462 e. The molecule has 0 aromatic heterocycles. The Balaban J connectivity index is 1.81. The topological polar surface area (TPSA) is 154 Å². The number of aliphatic hydroxyl groups excluding tert-OH is 2. The molecule has 0 spiro atoms. The highest BCUT2D eigenvalue weighted by atomic mass is 16.6. The highest BCUT2D eigenvalue weighted by molar-refractivity contribution is 5.66. The lowest BCUT2D eigenvalue weighted by Crippen LogP contribution is -2.94. The van der Waals surface area contributed by atoms with E-state index in [1.165, 1.54) is 13.8 Å². The number of quaternary nitrogens is 1. The fourth-order valence-electron chi connectivity index (χ4n) is 9.14. The number of hydrogen-bond acceptors (Lipinski definition) is 9. The Bertz CT molecular complexity index is 905. The van der Waals surface area contributed by atoms with Gasteiger partial charge in [0, 0.05) is 47.5 Å². The Kier molecular flexibility index (Phi) is 16.7. The van der Waals surface area contributed by atoms with Gasteiger partial charge in [0.05, 0.1) is 24.9 Å². The van der Waals surface area contributed by atoms with Crippen LogP contribution in [0, 0.1) is 41.4 Å². The van der Waals surface area contributed by atoms with Crippen molar-refractivity contribution < 1.29 is 44.1 Å². The zero-order valence-electron chi connectivity index (χ0n) is 29.6. The summed E-state index contributed by atoms with van der Waals surface area (Å²) in [5.41, 5.74) is 6.34. The number of rotatable bonds is 15. The lowest BCUT2D eigenvalue weighted by atomic mass is 9.66. The van der Waals surface area contributed by atoms with Gasteiger partial charge in [-0.15, -0.1) is 0 Å². The van der Waals surface area contributed by atoms with Crippen LogP contribution in [-0.2, 0) is 28.5 Å². The number of carbonyl (C=O) groups excluding carboxylic acids is 2. The minimum absolute atomic E-state index is 0.0403. The zero-order valence-corrected chi connectivity index (χ0v) is 29.6. The van der Waals surface area contributed by atoms with Crippen LogP contribution in [0.1, 0.15) is 111 Å². The van der Waals surface area contributed by atoms with Gasteiger partial charge in [-0.2, -0.15) is 0 Å². The highest BCUT2D eigenvalue weighted by Crippen LogP contribution is 2.43. The number of carbonyl (C=O) groups is 2. The van der Waals surface area contributed by atoms with E-state index >= 15 is 0 Å². The number of esters is 2. The molecular formula is C36H67N2O8+. The van der Waals surface area contributed by atoms with E-state index in [4.69, 9.17) is 24.7 Å². The van der Waals surface area contributed by atoms with Crippen LogP contribution in [-0.4, -0.2) is 86.2 Å². The molecule has 6 N–H and O–H groups in total. The first-order valence-corrected chi connectivity index (χ1v) is 18.2. The number of ether oxygens (including phenoxy) is 4. The predicted molar refractivity (Wildman–Crippen MR) is 176 cm³/mol. The minimum atomic E-state index is -0.509. The monoisotopic (exact) mass is 655 g/mol. The van der Waals surface area contributed by atoms with Gasteiger partial charge in [-0.05, 0) is 106 Å². The average molecular weight is 656 g/mol. The number of aliphatic hydroxyl groups is 2. The molecule has 2 aliphatic carbocycles. The van der Waals surface area contributed by atoms with Crippen LogP contribution in [0.25, 0.3) is 0 Å². The molecular weight excluding hydrogens is 588 g/mol. The van der Waals surface area contributed by atoms with E-state index < -0.39 is 24.4 Å². The van der Waals surface area contributed by atoms with Crippen LogP contribution >= 0.6 is 0 Å². The number of nitrogens with two attached hydrogens (primary N) is 2. The molecule has 1 heterocycles. The summed E-state index contributed by atoms with van der Waals surface area (Å²) < 4.78 is 23.1. The molecule has 0 bridgehead atoms. The van der Waals surface area contributed by atoms with Crippen molar-refractivity contribution in [1.29, 1.82) is 0 Å². The third-order valence-electron chi connectivity index (χ3n) is 11.3. The maximum Gasteiger partial charge on any atom is 0.302 e. The van der Waals surface area contributed by atoms with Crippen LogP contribution < -0.4 is 11.1 Å². The van der Waals surface area contributed by atoms with Gasteiger partial charge in [0.2, 0.25) is 0 Å². The molecule has 46 heavy (non-hydrogen) atoms. The third kappa shape index (κ3) is 12.6. The summed E-state index contributed by atoms with van der Waals surface area (Å²) >= 11 is 0. The van der Waals surface area contributed by atoms with Gasteiger partial charge in [0.25, 0.3) is 0 Å². The maximum absolute atomic E-state index is 12.5. The van der Waals surface area contributed by atoms with E-state index in [2.05, 4.69) is 19.2 Å². The second-order valence-corrected chi connectivity index (χ2v) is 15.3. The van der Waals surface area contributed by atoms with Gasteiger partial charge in [-0.3, -0.25) is 15.3 Å². The lowest BCUT2D eigenvalue weighted by Gasteiger charge is -2.44. The van der Waals surface area contributed by atoms with Gasteiger partial charge in [-0.1, -0.05) is 20.3 Å². The second kappa shape index (κ2) is 19.6. The van der Waals surface area contributed by atoms with Crippen LogP contribution in [0.4, 0.5) is 0 Å². The van der Waals surface area contributed by atoms with Crippen molar-refractivity contribution in [2.75, 3.05) is 27.4 Å². The summed E-state index contributed by atoms with van der Waals surface area (Å²) in [7, 11) is 3.36. The number of methoxy groups -OCH3 is 2. The molecule has 0 aromatic carbocycles. The van der Waals surface area contributed by atoms with Gasteiger partial charge in [-0.25, -0.2) is 0 Å². The van der Waals surface area contributed by atoms with Crippen LogP contribution in [0.15, 0.2) is 0 Å². The molecule has 0 aromatic rings. The Morgan fingerprint density at radius 1 is 0.891 bits per heavy atom. The molecule has 268 valence electrons. The molecule has 1 aliphatic heterocycles. The standard InChI is InChI=1S/C36H66N2O8/c1-22(2)15-25-7-8-26(12-14-43-5)32(41)17-29(16-25)34(46-24(4)40)20-30(45-23(3)39)10-9-27-18-35(44-6)33(42)21-31(27)28-11-13-38-36(37)19-28/h22,25-36,38,41-42H,7-21,37H2,1-6H3/p+1. The molecule has 3 rings (SSSR count). The first-order valence-electron chi connectivity index (χ1n) is 18.2. The fourth-order valence-corrected chi connectivity index (χ4v) is 9.14. The fraction of sp³-hybridized carbons (Fsp3) is 0.944. The first-order chi connectivity index (χ1) is 21.9. The van der Waals surface area contributed by atoms with Crippen molar-refractivity contribution >= 4 is 11.9 Å². The van der Waals surface area contributed by atoms with E-state index in [1.54, 1.807) is 14.2 Å². The molecule has 10 nitrogen and oxygen atoms in total. The van der Waals surface area contributed by atoms with Crippen molar-refractivity contribution in [2.24, 2.45) is 47.2 Å². The summed E-state index contributed by atoms with van der Waals surface area (Å²) in [6.45, 7) is 8.97. The number of piperidine rings is 1. The van der Waals surface area contributed by atoms with Crippen LogP contribution in [0.3, 0.4) is 0 Å². The molecule has 0 amide bonds. The molecule has 3 aliphatic rings. The second-order valence-electron chi connectivity index (χ2n) is 15.3. The summed E-state index contributed by atoms with van der Waals surface area (Å²) in [6, 6.07) is 0. The van der Waals surface area contributed by atoms with Crippen LogP contribution in [0.2, 0.25) is 0 Å². The van der Waals surface area contributed by atoms with Crippen molar-refractivity contribution in [2.45, 2.75) is 148 Å². The van der Waals surface area contributed by atoms with Gasteiger partial charge in [0.15, 0.2) is 0 Å². The summed E-state index contributed by atoms with van der Waals surface area (Å²) in [4.78, 5) is 24.9.